The summed E-state index contributed by atoms with van der Waals surface area (Å²) in [4.78, 5) is 4.86. The first kappa shape index (κ1) is 50.2. The van der Waals surface area contributed by atoms with Crippen LogP contribution in [0.3, 0.4) is 0 Å². The van der Waals surface area contributed by atoms with Crippen LogP contribution >= 0.6 is 0 Å². The molecule has 0 aromatic heterocycles. The number of hydrogen-bond acceptors (Lipinski definition) is 2. The van der Waals surface area contributed by atoms with Gasteiger partial charge in [-0.2, -0.15) is 0 Å². The first-order valence-electron chi connectivity index (χ1n) is 30.0. The second-order valence-corrected chi connectivity index (χ2v) is 26.1. The first-order chi connectivity index (χ1) is 40.7. The fourth-order valence-electron chi connectivity index (χ4n) is 15.5. The van der Waals surface area contributed by atoms with E-state index in [-0.39, 0.29) is 21.7 Å². The highest BCUT2D eigenvalue weighted by atomic mass is 15.1. The lowest BCUT2D eigenvalue weighted by molar-refractivity contribution is 0.644. The maximum atomic E-state index is 2.56. The van der Waals surface area contributed by atoms with E-state index >= 15 is 0 Å². The summed E-state index contributed by atoms with van der Waals surface area (Å²) >= 11 is 0. The van der Waals surface area contributed by atoms with Crippen LogP contribution in [-0.4, -0.2) is 0 Å². The predicted molar refractivity (Wildman–Crippen MR) is 354 cm³/mol. The topological polar surface area (TPSA) is 6.48 Å². The van der Waals surface area contributed by atoms with Crippen molar-refractivity contribution in [3.63, 3.8) is 0 Å². The molecule has 0 amide bonds. The summed E-state index contributed by atoms with van der Waals surface area (Å²) in [6.07, 6.45) is 0. The average Bonchev–Trinajstić information content (AvgIpc) is 2.06. The smallest absolute Gasteiger partial charge is 0.0465 e. The molecule has 0 fully saturated rings. The van der Waals surface area contributed by atoms with Gasteiger partial charge in [0.15, 0.2) is 0 Å². The molecule has 0 heterocycles. The molecule has 12 aromatic rings. The van der Waals surface area contributed by atoms with Crippen LogP contribution in [0.25, 0.3) is 77.5 Å². The lowest BCUT2D eigenvalue weighted by Gasteiger charge is -2.37. The van der Waals surface area contributed by atoms with Crippen LogP contribution < -0.4 is 9.80 Å². The second kappa shape index (κ2) is 18.0. The van der Waals surface area contributed by atoms with Crippen LogP contribution in [0.15, 0.2) is 255 Å². The zero-order chi connectivity index (χ0) is 57.0. The van der Waals surface area contributed by atoms with Gasteiger partial charge in [0.25, 0.3) is 0 Å². The van der Waals surface area contributed by atoms with E-state index in [4.69, 9.17) is 0 Å². The summed E-state index contributed by atoms with van der Waals surface area (Å²) < 4.78 is 0. The SMILES string of the molecule is CC1(C)c2ccccc2-c2ccc(-c3ccc(N(c4ccccc4)c4ccc5c(c4)C(C)(C)c4cc6c7c(cccc7c4-5)C(C)(C)c4cc(N(c5ccccc5)c5ccc(-c7ccc8c(c7)C(C)(C)c7ccccc7-8)cc5)ccc4-6)cc3)cc21. The maximum Gasteiger partial charge on any atom is 0.0465 e. The highest BCUT2D eigenvalue weighted by Crippen LogP contribution is 2.59. The van der Waals surface area contributed by atoms with Crippen LogP contribution in [-0.2, 0) is 21.7 Å². The van der Waals surface area contributed by atoms with Gasteiger partial charge in [-0.25, -0.2) is 0 Å². The van der Waals surface area contributed by atoms with Crippen molar-refractivity contribution in [2.24, 2.45) is 0 Å². The van der Waals surface area contributed by atoms with Crippen LogP contribution in [0.2, 0.25) is 0 Å². The van der Waals surface area contributed by atoms with Crippen molar-refractivity contribution < 1.29 is 0 Å². The number of hydrogen-bond donors (Lipinski definition) is 0. The quantitative estimate of drug-likeness (QED) is 0.150. The summed E-state index contributed by atoms with van der Waals surface area (Å²) in [7, 11) is 0. The van der Waals surface area contributed by atoms with Crippen molar-refractivity contribution in [2.75, 3.05) is 9.80 Å². The maximum absolute atomic E-state index is 2.56. The number of fused-ring (bicyclic) bond motifs is 12. The molecule has 0 saturated carbocycles. The van der Waals surface area contributed by atoms with Gasteiger partial charge < -0.3 is 9.80 Å². The van der Waals surface area contributed by atoms with Gasteiger partial charge in [0.2, 0.25) is 0 Å². The molecule has 0 saturated heterocycles. The van der Waals surface area contributed by atoms with Gasteiger partial charge >= 0.3 is 0 Å². The molecule has 4 aliphatic carbocycles. The summed E-state index contributed by atoms with van der Waals surface area (Å²) in [5.74, 6) is 0. The Kier molecular flexibility index (Phi) is 10.8. The Morgan fingerprint density at radius 1 is 0.214 bits per heavy atom. The molecule has 84 heavy (non-hydrogen) atoms. The molecule has 2 heteroatoms. The lowest BCUT2D eigenvalue weighted by atomic mass is 9.67. The van der Waals surface area contributed by atoms with Crippen molar-refractivity contribution in [1.82, 2.24) is 0 Å². The normalized spacial score (nSPS) is 15.3. The molecule has 0 spiro atoms. The van der Waals surface area contributed by atoms with Gasteiger partial charge in [0.05, 0.1) is 0 Å². The first-order valence-corrected chi connectivity index (χ1v) is 30.0. The zero-order valence-corrected chi connectivity index (χ0v) is 49.1. The molecule has 4 aliphatic rings. The Hall–Kier alpha value is -9.50. The molecule has 0 bridgehead atoms. The van der Waals surface area contributed by atoms with Crippen LogP contribution in [0, 0.1) is 0 Å². The van der Waals surface area contributed by atoms with Crippen LogP contribution in [0.1, 0.15) is 99.9 Å². The summed E-state index contributed by atoms with van der Waals surface area (Å²) in [5.41, 5.74) is 32.8. The van der Waals surface area contributed by atoms with E-state index < -0.39 is 0 Å². The van der Waals surface area contributed by atoms with Gasteiger partial charge in [-0.1, -0.05) is 219 Å². The molecule has 12 aromatic carbocycles. The molecule has 0 unspecified atom stereocenters. The minimum Gasteiger partial charge on any atom is -0.310 e. The van der Waals surface area contributed by atoms with E-state index in [9.17, 15) is 0 Å². The lowest BCUT2D eigenvalue weighted by Crippen LogP contribution is -2.25. The van der Waals surface area contributed by atoms with E-state index in [0.717, 1.165) is 34.1 Å². The van der Waals surface area contributed by atoms with Crippen molar-refractivity contribution in [3.8, 4) is 66.8 Å². The fraction of sp³-hybridized carbons (Fsp3) is 0.146. The summed E-state index contributed by atoms with van der Waals surface area (Å²) in [5, 5.41) is 2.70. The molecule has 0 atom stereocenters. The molecular weight excluding hydrogens is 1010 g/mol. The van der Waals surface area contributed by atoms with Crippen molar-refractivity contribution >= 4 is 44.9 Å². The number of para-hydroxylation sites is 2. The van der Waals surface area contributed by atoms with Crippen molar-refractivity contribution in [1.29, 1.82) is 0 Å². The number of benzene rings is 12. The number of anilines is 6. The van der Waals surface area contributed by atoms with Gasteiger partial charge in [-0.05, 0) is 213 Å². The van der Waals surface area contributed by atoms with Gasteiger partial charge in [-0.15, -0.1) is 0 Å². The number of nitrogens with zero attached hydrogens (tertiary/aromatic N) is 2. The van der Waals surface area contributed by atoms with Gasteiger partial charge in [0.1, 0.15) is 0 Å². The Balaban J connectivity index is 0.757. The second-order valence-electron chi connectivity index (χ2n) is 26.1. The molecule has 0 aliphatic heterocycles. The van der Waals surface area contributed by atoms with Crippen LogP contribution in [0.5, 0.6) is 0 Å². The van der Waals surface area contributed by atoms with E-state index in [1.54, 1.807) is 0 Å². The van der Waals surface area contributed by atoms with E-state index in [1.807, 2.05) is 0 Å². The molecule has 16 rings (SSSR count). The highest BCUT2D eigenvalue weighted by Gasteiger charge is 2.42. The third kappa shape index (κ3) is 7.22. The van der Waals surface area contributed by atoms with Gasteiger partial charge in [0, 0.05) is 55.8 Å². The Labute approximate surface area is 495 Å². The minimum absolute atomic E-state index is 0.0530. The Morgan fingerprint density at radius 3 is 1.07 bits per heavy atom. The average molecular weight is 1080 g/mol. The number of rotatable bonds is 8. The molecule has 0 N–H and O–H groups in total. The molecule has 404 valence electrons. The van der Waals surface area contributed by atoms with E-state index in [0.29, 0.717) is 0 Å². The standard InChI is InChI=1S/C82H66N2/c1-79(2)69-27-17-15-24-61(69)63-42-34-53(46-72(63)79)51-30-36-57(37-31-51)83(55-20-11-9-12-21-55)59-40-44-65-68-50-76-77(67-26-19-29-71(78(67)68)81(5,6)74(65)48-59)66-45-41-60(49-75(66)82(76,7)8)84(56-22-13-10-14-23-56)58-38-32-52(33-39-58)54-35-43-64-62-25-16-18-28-70(62)80(3,4)73(64)47-54/h9-50H,1-8H3. The van der Waals surface area contributed by atoms with E-state index in [2.05, 4.69) is 320 Å². The Bertz CT molecular complexity index is 4690. The van der Waals surface area contributed by atoms with Crippen molar-refractivity contribution in [3.05, 3.63) is 299 Å². The zero-order valence-electron chi connectivity index (χ0n) is 49.1. The predicted octanol–water partition coefficient (Wildman–Crippen LogP) is 22.3. The minimum atomic E-state index is -0.283. The van der Waals surface area contributed by atoms with Crippen LogP contribution in [0.4, 0.5) is 34.1 Å². The fourth-order valence-corrected chi connectivity index (χ4v) is 15.5. The summed E-state index contributed by atoms with van der Waals surface area (Å²) in [6, 6.07) is 96.1. The molecule has 2 nitrogen and oxygen atoms in total. The Morgan fingerprint density at radius 2 is 0.560 bits per heavy atom. The largest absolute Gasteiger partial charge is 0.310 e. The molecular formula is C82H66N2. The molecule has 0 radical (unpaired) electrons. The van der Waals surface area contributed by atoms with Gasteiger partial charge in [-0.3, -0.25) is 0 Å². The monoisotopic (exact) mass is 1080 g/mol. The summed E-state index contributed by atoms with van der Waals surface area (Å²) in [6.45, 7) is 19.2. The third-order valence-electron chi connectivity index (χ3n) is 20.1. The highest BCUT2D eigenvalue weighted by molar-refractivity contribution is 6.13. The van der Waals surface area contributed by atoms with E-state index in [1.165, 1.54) is 122 Å². The third-order valence-corrected chi connectivity index (χ3v) is 20.1. The van der Waals surface area contributed by atoms with Crippen molar-refractivity contribution in [2.45, 2.75) is 77.0 Å².